The Labute approximate surface area is 554 Å². The second kappa shape index (κ2) is 70.3. The molecule has 524 valence electrons. The van der Waals surface area contributed by atoms with Crippen LogP contribution in [0, 0.1) is 0 Å². The number of nitrogens with zero attached hydrogens (tertiary/aromatic N) is 1. The molecular formula is C79H150NO8P. The Morgan fingerprint density at radius 3 is 0.955 bits per heavy atom. The van der Waals surface area contributed by atoms with Crippen LogP contribution in [0.15, 0.2) is 48.6 Å². The highest BCUT2D eigenvalue weighted by Gasteiger charge is 2.22. The summed E-state index contributed by atoms with van der Waals surface area (Å²) in [6.07, 6.45) is 92.4. The monoisotopic (exact) mass is 1270 g/mol. The topological polar surface area (TPSA) is 111 Å². The first-order chi connectivity index (χ1) is 43.5. The predicted octanol–water partition coefficient (Wildman–Crippen LogP) is 24.9. The van der Waals surface area contributed by atoms with Gasteiger partial charge in [0.2, 0.25) is 0 Å². The van der Waals surface area contributed by atoms with Crippen LogP contribution in [-0.2, 0) is 32.7 Å². The fourth-order valence-electron chi connectivity index (χ4n) is 11.7. The Hall–Kier alpha value is -2.03. The summed E-state index contributed by atoms with van der Waals surface area (Å²) in [6.45, 7) is 4.20. The lowest BCUT2D eigenvalue weighted by Crippen LogP contribution is -2.37. The highest BCUT2D eigenvalue weighted by Crippen LogP contribution is 2.38. The van der Waals surface area contributed by atoms with Crippen LogP contribution < -0.4 is 4.89 Å². The molecule has 0 bridgehead atoms. The number of phosphoric acid groups is 1. The van der Waals surface area contributed by atoms with Gasteiger partial charge in [0.25, 0.3) is 7.82 Å². The quantitative estimate of drug-likeness (QED) is 0.0195. The molecule has 0 aromatic rings. The van der Waals surface area contributed by atoms with Crippen LogP contribution in [0.25, 0.3) is 0 Å². The highest BCUT2D eigenvalue weighted by atomic mass is 31.2. The summed E-state index contributed by atoms with van der Waals surface area (Å²) in [5, 5.41) is 0. The molecule has 2 atom stereocenters. The average Bonchev–Trinajstić information content (AvgIpc) is 3.60. The van der Waals surface area contributed by atoms with E-state index in [0.717, 1.165) is 64.2 Å². The maximum Gasteiger partial charge on any atom is 0.306 e. The first-order valence-corrected chi connectivity index (χ1v) is 40.3. The number of ether oxygens (including phenoxy) is 2. The van der Waals surface area contributed by atoms with Crippen LogP contribution >= 0.6 is 7.82 Å². The summed E-state index contributed by atoms with van der Waals surface area (Å²) in [5.41, 5.74) is 0. The van der Waals surface area contributed by atoms with Gasteiger partial charge in [-0.3, -0.25) is 14.2 Å². The van der Waals surface area contributed by atoms with E-state index in [1.54, 1.807) is 0 Å². The number of hydrogen-bond acceptors (Lipinski definition) is 8. The van der Waals surface area contributed by atoms with Gasteiger partial charge in [-0.1, -0.05) is 377 Å². The minimum atomic E-state index is -4.64. The number of allylic oxidation sites excluding steroid dienone is 8. The van der Waals surface area contributed by atoms with Gasteiger partial charge in [-0.15, -0.1) is 0 Å². The lowest BCUT2D eigenvalue weighted by atomic mass is 10.0. The van der Waals surface area contributed by atoms with Crippen molar-refractivity contribution in [3.8, 4) is 0 Å². The molecule has 0 aliphatic heterocycles. The molecule has 0 rings (SSSR count). The molecule has 0 aliphatic rings. The molecule has 0 heterocycles. The van der Waals surface area contributed by atoms with Crippen molar-refractivity contribution in [1.82, 2.24) is 0 Å². The molecule has 0 radical (unpaired) electrons. The molecule has 0 aromatic carbocycles. The molecule has 0 saturated heterocycles. The largest absolute Gasteiger partial charge is 0.756 e. The molecule has 0 fully saturated rings. The van der Waals surface area contributed by atoms with Gasteiger partial charge in [0.1, 0.15) is 19.8 Å². The van der Waals surface area contributed by atoms with E-state index in [1.165, 1.54) is 295 Å². The highest BCUT2D eigenvalue weighted by molar-refractivity contribution is 7.45. The normalized spacial score (nSPS) is 13.3. The van der Waals surface area contributed by atoms with Gasteiger partial charge >= 0.3 is 11.9 Å². The van der Waals surface area contributed by atoms with Gasteiger partial charge in [0.05, 0.1) is 27.7 Å². The standard InChI is InChI=1S/C79H150NO8P/c1-6-8-10-12-14-16-18-20-22-24-26-28-30-32-34-36-37-38-39-40-41-42-44-45-47-49-51-53-55-57-59-61-63-65-67-69-71-78(81)85-75-77(76-87-89(83,84)86-74-73-80(3,4)5)88-79(82)72-70-68-66-64-62-60-58-56-54-52-50-48-46-43-35-33-31-29-27-25-23-21-19-17-15-13-11-9-7-2/h9,11,15,17,21,23,27,29,77H,6-8,10,12-14,16,18-20,22,24-26,28,30-76H2,1-5H3/b11-9-,17-15-,23-21-,29-27-. The fourth-order valence-corrected chi connectivity index (χ4v) is 12.4. The van der Waals surface area contributed by atoms with E-state index in [1.807, 2.05) is 21.1 Å². The van der Waals surface area contributed by atoms with E-state index in [-0.39, 0.29) is 32.0 Å². The Kier molecular flexibility index (Phi) is 68.7. The Morgan fingerprint density at radius 2 is 0.640 bits per heavy atom. The first-order valence-electron chi connectivity index (χ1n) is 38.8. The van der Waals surface area contributed by atoms with Gasteiger partial charge in [-0.25, -0.2) is 0 Å². The van der Waals surface area contributed by atoms with Crippen molar-refractivity contribution in [3.63, 3.8) is 0 Å². The number of carbonyl (C=O) groups is 2. The van der Waals surface area contributed by atoms with Crippen LogP contribution in [0.3, 0.4) is 0 Å². The number of quaternary nitrogens is 1. The third-order valence-electron chi connectivity index (χ3n) is 17.6. The number of phosphoric ester groups is 1. The maximum absolute atomic E-state index is 12.9. The van der Waals surface area contributed by atoms with Gasteiger partial charge in [-0.2, -0.15) is 0 Å². The number of hydrogen-bond donors (Lipinski definition) is 0. The lowest BCUT2D eigenvalue weighted by molar-refractivity contribution is -0.870. The van der Waals surface area contributed by atoms with Crippen molar-refractivity contribution in [3.05, 3.63) is 48.6 Å². The van der Waals surface area contributed by atoms with Crippen LogP contribution in [0.2, 0.25) is 0 Å². The Balaban J connectivity index is 3.91. The van der Waals surface area contributed by atoms with Crippen LogP contribution in [0.1, 0.15) is 393 Å². The lowest BCUT2D eigenvalue weighted by Gasteiger charge is -2.28. The Bertz CT molecular complexity index is 1640. The molecular weight excluding hydrogens is 1120 g/mol. The van der Waals surface area contributed by atoms with E-state index in [0.29, 0.717) is 17.4 Å². The van der Waals surface area contributed by atoms with Gasteiger partial charge < -0.3 is 27.9 Å². The molecule has 0 saturated carbocycles. The molecule has 0 spiro atoms. The second-order valence-electron chi connectivity index (χ2n) is 27.7. The summed E-state index contributed by atoms with van der Waals surface area (Å²) >= 11 is 0. The molecule has 0 amide bonds. The van der Waals surface area contributed by atoms with Gasteiger partial charge in [-0.05, 0) is 51.4 Å². The van der Waals surface area contributed by atoms with Crippen molar-refractivity contribution in [2.75, 3.05) is 47.5 Å². The fraction of sp³-hybridized carbons (Fsp3) is 0.873. The molecule has 2 unspecified atom stereocenters. The van der Waals surface area contributed by atoms with Crippen molar-refractivity contribution >= 4 is 19.8 Å². The minimum absolute atomic E-state index is 0.0287. The predicted molar refractivity (Wildman–Crippen MR) is 384 cm³/mol. The number of carbonyl (C=O) groups excluding carboxylic acids is 2. The SMILES string of the molecule is CC/C=C\C/C=C\C/C=C\C/C=C\CCCCCCCCCCCCCCCCCCC(=O)OC(COC(=O)CCCCCCCCCCCCCCCCCCCCCCCCCCCCCCCCCCCCCC)COP(=O)([O-])OCC[N+](C)(C)C. The van der Waals surface area contributed by atoms with E-state index < -0.39 is 26.5 Å². The van der Waals surface area contributed by atoms with E-state index in [4.69, 9.17) is 18.5 Å². The molecule has 9 nitrogen and oxygen atoms in total. The molecule has 10 heteroatoms. The zero-order valence-corrected chi connectivity index (χ0v) is 60.8. The molecule has 0 N–H and O–H groups in total. The van der Waals surface area contributed by atoms with Crippen LogP contribution in [-0.4, -0.2) is 70.0 Å². The van der Waals surface area contributed by atoms with Crippen LogP contribution in [0.4, 0.5) is 0 Å². The second-order valence-corrected chi connectivity index (χ2v) is 29.1. The smallest absolute Gasteiger partial charge is 0.306 e. The van der Waals surface area contributed by atoms with Gasteiger partial charge in [0, 0.05) is 12.8 Å². The third kappa shape index (κ3) is 74.9. The zero-order valence-electron chi connectivity index (χ0n) is 59.9. The summed E-state index contributed by atoms with van der Waals surface area (Å²) in [4.78, 5) is 38.1. The number of likely N-dealkylation sites (N-methyl/N-ethyl adjacent to an activating group) is 1. The summed E-state index contributed by atoms with van der Waals surface area (Å²) in [5.74, 6) is -0.812. The third-order valence-corrected chi connectivity index (χ3v) is 18.6. The molecule has 89 heavy (non-hydrogen) atoms. The molecule has 0 aromatic heterocycles. The maximum atomic E-state index is 12.9. The first kappa shape index (κ1) is 87.0. The van der Waals surface area contributed by atoms with Gasteiger partial charge in [0.15, 0.2) is 6.10 Å². The summed E-state index contributed by atoms with van der Waals surface area (Å²) < 4.78 is 34.4. The summed E-state index contributed by atoms with van der Waals surface area (Å²) in [7, 11) is 1.19. The zero-order chi connectivity index (χ0) is 64.8. The molecule has 0 aliphatic carbocycles. The van der Waals surface area contributed by atoms with Crippen molar-refractivity contribution in [2.24, 2.45) is 0 Å². The average molecular weight is 1270 g/mol. The van der Waals surface area contributed by atoms with E-state index in [9.17, 15) is 19.0 Å². The van der Waals surface area contributed by atoms with Crippen molar-refractivity contribution in [1.29, 1.82) is 0 Å². The minimum Gasteiger partial charge on any atom is -0.756 e. The number of esters is 2. The van der Waals surface area contributed by atoms with Crippen molar-refractivity contribution < 1.29 is 42.1 Å². The van der Waals surface area contributed by atoms with Crippen LogP contribution in [0.5, 0.6) is 0 Å². The van der Waals surface area contributed by atoms with E-state index >= 15 is 0 Å². The number of unbranched alkanes of at least 4 members (excludes halogenated alkanes) is 51. The van der Waals surface area contributed by atoms with E-state index in [2.05, 4.69) is 62.5 Å². The number of rotatable bonds is 73. The summed E-state index contributed by atoms with van der Waals surface area (Å²) in [6, 6.07) is 0. The Morgan fingerprint density at radius 1 is 0.360 bits per heavy atom. The van der Waals surface area contributed by atoms with Crippen molar-refractivity contribution in [2.45, 2.75) is 399 Å².